The highest BCUT2D eigenvalue weighted by molar-refractivity contribution is 9.10. The number of aromatic nitrogens is 2. The summed E-state index contributed by atoms with van der Waals surface area (Å²) in [4.78, 5) is 0. The summed E-state index contributed by atoms with van der Waals surface area (Å²) in [6.07, 6.45) is 1.75. The molecule has 0 amide bonds. The summed E-state index contributed by atoms with van der Waals surface area (Å²) in [6, 6.07) is 15.1. The van der Waals surface area contributed by atoms with E-state index in [-0.39, 0.29) is 5.89 Å². The van der Waals surface area contributed by atoms with Crippen LogP contribution in [0.2, 0.25) is 0 Å². The van der Waals surface area contributed by atoms with Gasteiger partial charge in [0.2, 0.25) is 5.89 Å². The van der Waals surface area contributed by atoms with E-state index in [1.807, 2.05) is 48.5 Å². The van der Waals surface area contributed by atoms with Gasteiger partial charge in [-0.05, 0) is 51.8 Å². The monoisotopic (exact) mass is 390 g/mol. The number of hydrogen-bond acceptors (Lipinski definition) is 4. The van der Waals surface area contributed by atoms with Crippen LogP contribution in [0.3, 0.4) is 0 Å². The van der Waals surface area contributed by atoms with Gasteiger partial charge < -0.3 is 9.15 Å². The number of ether oxygens (including phenoxy) is 1. The molecule has 6 heteroatoms. The van der Waals surface area contributed by atoms with Crippen LogP contribution in [0.4, 0.5) is 0 Å². The molecule has 0 fully saturated rings. The molecule has 2 aromatic carbocycles. The normalized spacial score (nSPS) is 11.5. The zero-order valence-electron chi connectivity index (χ0n) is 12.2. The van der Waals surface area contributed by atoms with E-state index in [0.717, 1.165) is 21.3 Å². The van der Waals surface area contributed by atoms with Crippen LogP contribution >= 0.6 is 27.5 Å². The van der Waals surface area contributed by atoms with E-state index in [9.17, 15) is 0 Å². The molecule has 1 heterocycles. The van der Waals surface area contributed by atoms with Crippen LogP contribution in [0.1, 0.15) is 11.5 Å². The van der Waals surface area contributed by atoms with E-state index in [4.69, 9.17) is 20.8 Å². The molecule has 0 saturated carbocycles. The minimum absolute atomic E-state index is 0.264. The van der Waals surface area contributed by atoms with Gasteiger partial charge in [0.25, 0.3) is 5.89 Å². The van der Waals surface area contributed by atoms with Crippen LogP contribution in [-0.4, -0.2) is 17.3 Å². The van der Waals surface area contributed by atoms with Gasteiger partial charge in [0, 0.05) is 4.47 Å². The molecule has 0 aliphatic rings. The van der Waals surface area contributed by atoms with Gasteiger partial charge in [0.1, 0.15) is 10.8 Å². The van der Waals surface area contributed by atoms with E-state index in [1.165, 1.54) is 0 Å². The van der Waals surface area contributed by atoms with Crippen LogP contribution < -0.4 is 4.74 Å². The van der Waals surface area contributed by atoms with Crippen molar-refractivity contribution >= 4 is 38.6 Å². The lowest BCUT2D eigenvalue weighted by molar-refractivity contribution is 0.414. The molecule has 116 valence electrons. The maximum Gasteiger partial charge on any atom is 0.259 e. The standard InChI is InChI=1S/C17H12BrClN2O2/c1-22-12-6-4-5-11(9-12)10-15(19)17-21-20-16(23-17)13-7-2-3-8-14(13)18/h2-10H,1H3/b15-10-. The van der Waals surface area contributed by atoms with Crippen molar-refractivity contribution < 1.29 is 9.15 Å². The first-order valence-electron chi connectivity index (χ1n) is 6.77. The lowest BCUT2D eigenvalue weighted by Gasteiger charge is -2.00. The van der Waals surface area contributed by atoms with E-state index in [1.54, 1.807) is 13.2 Å². The minimum Gasteiger partial charge on any atom is -0.497 e. The predicted molar refractivity (Wildman–Crippen MR) is 94.2 cm³/mol. The lowest BCUT2D eigenvalue weighted by atomic mass is 10.2. The van der Waals surface area contributed by atoms with Crippen molar-refractivity contribution in [3.05, 3.63) is 64.5 Å². The molecule has 0 aliphatic heterocycles. The molecule has 3 aromatic rings. The van der Waals surface area contributed by atoms with Gasteiger partial charge in [0.15, 0.2) is 0 Å². The predicted octanol–water partition coefficient (Wildman–Crippen LogP) is 5.24. The van der Waals surface area contributed by atoms with Crippen molar-refractivity contribution in [3.8, 4) is 17.2 Å². The highest BCUT2D eigenvalue weighted by Crippen LogP contribution is 2.29. The first kappa shape index (κ1) is 15.8. The SMILES string of the molecule is COc1cccc(/C=C(\Cl)c2nnc(-c3ccccc3Br)o2)c1. The second-order valence-electron chi connectivity index (χ2n) is 4.66. The third-order valence-corrected chi connectivity index (χ3v) is 4.08. The summed E-state index contributed by atoms with van der Waals surface area (Å²) in [6.45, 7) is 0. The summed E-state index contributed by atoms with van der Waals surface area (Å²) in [7, 11) is 1.62. The highest BCUT2D eigenvalue weighted by atomic mass is 79.9. The Morgan fingerprint density at radius 1 is 1.17 bits per heavy atom. The molecule has 23 heavy (non-hydrogen) atoms. The molecule has 4 nitrogen and oxygen atoms in total. The number of methoxy groups -OCH3 is 1. The first-order valence-corrected chi connectivity index (χ1v) is 7.94. The Kier molecular flexibility index (Phi) is 4.79. The van der Waals surface area contributed by atoms with Crippen molar-refractivity contribution in [2.24, 2.45) is 0 Å². The average molecular weight is 392 g/mol. The molecule has 0 saturated heterocycles. The summed E-state index contributed by atoms with van der Waals surface area (Å²) in [5.41, 5.74) is 1.70. The number of nitrogens with zero attached hydrogens (tertiary/aromatic N) is 2. The van der Waals surface area contributed by atoms with Crippen LogP contribution in [0.25, 0.3) is 22.6 Å². The number of hydrogen-bond donors (Lipinski definition) is 0. The van der Waals surface area contributed by atoms with E-state index >= 15 is 0 Å². The maximum absolute atomic E-state index is 6.29. The van der Waals surface area contributed by atoms with E-state index in [2.05, 4.69) is 26.1 Å². The Morgan fingerprint density at radius 3 is 2.78 bits per heavy atom. The van der Waals surface area contributed by atoms with Crippen molar-refractivity contribution in [1.29, 1.82) is 0 Å². The summed E-state index contributed by atoms with van der Waals surface area (Å²) >= 11 is 9.75. The summed E-state index contributed by atoms with van der Waals surface area (Å²) < 4.78 is 11.7. The van der Waals surface area contributed by atoms with Gasteiger partial charge in [0.05, 0.1) is 12.7 Å². The Balaban J connectivity index is 1.90. The molecular weight excluding hydrogens is 380 g/mol. The Morgan fingerprint density at radius 2 is 2.00 bits per heavy atom. The maximum atomic E-state index is 6.29. The number of halogens is 2. The quantitative estimate of drug-likeness (QED) is 0.610. The third-order valence-electron chi connectivity index (χ3n) is 3.12. The Hall–Kier alpha value is -2.11. The van der Waals surface area contributed by atoms with Gasteiger partial charge in [-0.25, -0.2) is 0 Å². The highest BCUT2D eigenvalue weighted by Gasteiger charge is 2.13. The molecule has 0 bridgehead atoms. The minimum atomic E-state index is 0.264. The van der Waals surface area contributed by atoms with Crippen molar-refractivity contribution in [2.45, 2.75) is 0 Å². The molecule has 0 N–H and O–H groups in total. The summed E-state index contributed by atoms with van der Waals surface area (Å²) in [5.74, 6) is 1.42. The molecule has 0 unspecified atom stereocenters. The van der Waals surface area contributed by atoms with E-state index < -0.39 is 0 Å². The van der Waals surface area contributed by atoms with Crippen LogP contribution in [0, 0.1) is 0 Å². The van der Waals surface area contributed by atoms with Crippen LogP contribution in [0.15, 0.2) is 57.4 Å². The second-order valence-corrected chi connectivity index (χ2v) is 5.92. The fraction of sp³-hybridized carbons (Fsp3) is 0.0588. The van der Waals surface area contributed by atoms with Gasteiger partial charge in [-0.2, -0.15) is 0 Å². The number of benzene rings is 2. The molecule has 0 radical (unpaired) electrons. The van der Waals surface area contributed by atoms with Crippen molar-refractivity contribution in [1.82, 2.24) is 10.2 Å². The fourth-order valence-corrected chi connectivity index (χ4v) is 2.66. The van der Waals surface area contributed by atoms with Gasteiger partial charge in [-0.1, -0.05) is 35.9 Å². The topological polar surface area (TPSA) is 48.2 Å². The first-order chi connectivity index (χ1) is 11.2. The zero-order chi connectivity index (χ0) is 16.2. The van der Waals surface area contributed by atoms with Gasteiger partial charge in [-0.15, -0.1) is 10.2 Å². The third kappa shape index (κ3) is 3.63. The van der Waals surface area contributed by atoms with Crippen LogP contribution in [-0.2, 0) is 0 Å². The van der Waals surface area contributed by atoms with Gasteiger partial charge >= 0.3 is 0 Å². The molecule has 0 atom stereocenters. The Bertz CT molecular complexity index is 861. The van der Waals surface area contributed by atoms with Gasteiger partial charge in [-0.3, -0.25) is 0 Å². The molecule has 3 rings (SSSR count). The average Bonchev–Trinajstić information content (AvgIpc) is 3.05. The summed E-state index contributed by atoms with van der Waals surface area (Å²) in [5, 5.41) is 8.42. The number of rotatable bonds is 4. The Labute approximate surface area is 146 Å². The largest absolute Gasteiger partial charge is 0.497 e. The van der Waals surface area contributed by atoms with Crippen molar-refractivity contribution in [3.63, 3.8) is 0 Å². The molecule has 0 aliphatic carbocycles. The molecule has 1 aromatic heterocycles. The lowest BCUT2D eigenvalue weighted by Crippen LogP contribution is -1.83. The zero-order valence-corrected chi connectivity index (χ0v) is 14.5. The second kappa shape index (κ2) is 6.98. The fourth-order valence-electron chi connectivity index (χ4n) is 2.00. The van der Waals surface area contributed by atoms with E-state index in [0.29, 0.717) is 10.9 Å². The molecule has 0 spiro atoms. The molecular formula is C17H12BrClN2O2. The smallest absolute Gasteiger partial charge is 0.259 e. The van der Waals surface area contributed by atoms with Crippen LogP contribution in [0.5, 0.6) is 5.75 Å². The van der Waals surface area contributed by atoms with Crippen molar-refractivity contribution in [2.75, 3.05) is 7.11 Å².